The third-order valence-corrected chi connectivity index (χ3v) is 6.33. The van der Waals surface area contributed by atoms with Crippen LogP contribution in [0.25, 0.3) is 10.8 Å². The number of nitrogens with zero attached hydrogens (tertiary/aromatic N) is 2. The minimum absolute atomic E-state index is 0.0167. The molecule has 4 aromatic rings. The van der Waals surface area contributed by atoms with E-state index < -0.39 is 0 Å². The molecule has 1 aromatic heterocycles. The number of fused-ring (bicyclic) bond motifs is 1. The Bertz CT molecular complexity index is 1360. The van der Waals surface area contributed by atoms with Gasteiger partial charge in [-0.15, -0.1) is 0 Å². The molecule has 0 spiro atoms. The van der Waals surface area contributed by atoms with Crippen molar-refractivity contribution in [2.75, 3.05) is 6.54 Å². The van der Waals surface area contributed by atoms with Crippen molar-refractivity contribution in [1.82, 2.24) is 9.80 Å². The fourth-order valence-electron chi connectivity index (χ4n) is 4.29. The highest BCUT2D eigenvalue weighted by Gasteiger charge is 2.35. The molecule has 0 N–H and O–H groups in total. The van der Waals surface area contributed by atoms with E-state index in [0.717, 1.165) is 34.9 Å². The molecule has 3 aromatic carbocycles. The van der Waals surface area contributed by atoms with E-state index in [0.29, 0.717) is 17.9 Å². The smallest absolute Gasteiger partial charge is 0.254 e. The first-order valence-corrected chi connectivity index (χ1v) is 11.8. The van der Waals surface area contributed by atoms with Gasteiger partial charge in [-0.2, -0.15) is 0 Å². The van der Waals surface area contributed by atoms with E-state index in [1.165, 1.54) is 12.1 Å². The number of furan rings is 1. The predicted molar refractivity (Wildman–Crippen MR) is 132 cm³/mol. The van der Waals surface area contributed by atoms with Crippen molar-refractivity contribution in [3.05, 3.63) is 107 Å². The van der Waals surface area contributed by atoms with Crippen LogP contribution in [0.2, 0.25) is 0 Å². The number of halogens is 1. The number of hydrogen-bond donors (Lipinski definition) is 0. The molecule has 5 nitrogen and oxygen atoms in total. The van der Waals surface area contributed by atoms with Crippen molar-refractivity contribution in [2.45, 2.75) is 38.9 Å². The van der Waals surface area contributed by atoms with Gasteiger partial charge in [0.05, 0.1) is 6.54 Å². The van der Waals surface area contributed by atoms with Crippen LogP contribution in [0.1, 0.15) is 40.3 Å². The lowest BCUT2D eigenvalue weighted by Gasteiger charge is -2.27. The molecule has 0 unspecified atom stereocenters. The zero-order valence-corrected chi connectivity index (χ0v) is 19.6. The first-order chi connectivity index (χ1) is 17.0. The number of aryl methyl sites for hydroxylation is 1. The summed E-state index contributed by atoms with van der Waals surface area (Å²) in [6.45, 7) is 2.40. The fraction of sp³-hybridized carbons (Fsp3) is 0.241. The molecule has 0 radical (unpaired) electrons. The summed E-state index contributed by atoms with van der Waals surface area (Å²) in [5, 5.41) is 2.06. The summed E-state index contributed by atoms with van der Waals surface area (Å²) in [5.74, 6) is 0.790. The topological polar surface area (TPSA) is 53.8 Å². The molecule has 35 heavy (non-hydrogen) atoms. The van der Waals surface area contributed by atoms with Crippen molar-refractivity contribution in [1.29, 1.82) is 0 Å². The number of carbonyl (C=O) groups excluding carboxylic acids is 2. The second kappa shape index (κ2) is 9.74. The van der Waals surface area contributed by atoms with Gasteiger partial charge in [-0.3, -0.25) is 9.59 Å². The number of amides is 2. The van der Waals surface area contributed by atoms with E-state index in [1.54, 1.807) is 21.9 Å². The van der Waals surface area contributed by atoms with E-state index in [4.69, 9.17) is 4.42 Å². The molecular formula is C29H27FN2O3. The van der Waals surface area contributed by atoms with Gasteiger partial charge in [-0.25, -0.2) is 4.39 Å². The van der Waals surface area contributed by atoms with Gasteiger partial charge in [0.2, 0.25) is 5.91 Å². The minimum Gasteiger partial charge on any atom is -0.464 e. The Kier molecular flexibility index (Phi) is 6.36. The van der Waals surface area contributed by atoms with Crippen LogP contribution in [-0.2, 0) is 17.9 Å². The average Bonchev–Trinajstić information content (AvgIpc) is 3.63. The molecule has 0 bridgehead atoms. The molecule has 5 rings (SSSR count). The molecule has 0 saturated heterocycles. The molecule has 1 fully saturated rings. The van der Waals surface area contributed by atoms with Crippen LogP contribution in [0, 0.1) is 12.7 Å². The number of rotatable bonds is 8. The van der Waals surface area contributed by atoms with Crippen molar-refractivity contribution < 1.29 is 18.4 Å². The van der Waals surface area contributed by atoms with Crippen LogP contribution < -0.4 is 0 Å². The Morgan fingerprint density at radius 1 is 0.914 bits per heavy atom. The minimum atomic E-state index is -0.325. The monoisotopic (exact) mass is 470 g/mol. The van der Waals surface area contributed by atoms with Gasteiger partial charge in [0.15, 0.2) is 0 Å². The molecular weight excluding hydrogens is 443 g/mol. The summed E-state index contributed by atoms with van der Waals surface area (Å²) in [7, 11) is 0. The highest BCUT2D eigenvalue weighted by molar-refractivity contribution is 6.00. The lowest BCUT2D eigenvalue weighted by atomic mass is 10.1. The maximum Gasteiger partial charge on any atom is 0.254 e. The molecule has 1 aliphatic rings. The molecule has 178 valence electrons. The third kappa shape index (κ3) is 5.43. The van der Waals surface area contributed by atoms with Gasteiger partial charge >= 0.3 is 0 Å². The van der Waals surface area contributed by atoms with Gasteiger partial charge < -0.3 is 14.2 Å². The van der Waals surface area contributed by atoms with E-state index in [-0.39, 0.29) is 36.8 Å². The van der Waals surface area contributed by atoms with Crippen LogP contribution in [-0.4, -0.2) is 34.2 Å². The summed E-state index contributed by atoms with van der Waals surface area (Å²) >= 11 is 0. The van der Waals surface area contributed by atoms with E-state index in [1.807, 2.05) is 61.5 Å². The Morgan fingerprint density at radius 2 is 1.66 bits per heavy atom. The number of benzene rings is 3. The summed E-state index contributed by atoms with van der Waals surface area (Å²) in [6.07, 6.45) is 1.78. The maximum absolute atomic E-state index is 13.5. The first kappa shape index (κ1) is 22.8. The molecule has 0 aliphatic heterocycles. The Balaban J connectivity index is 1.37. The summed E-state index contributed by atoms with van der Waals surface area (Å²) in [6, 6.07) is 23.4. The SMILES string of the molecule is Cc1ccc(CN(Cc2ccc(F)cc2)C(=O)CN(C(=O)c2ccc3ccccc3c2)C2CC2)o1. The molecule has 1 saturated carbocycles. The quantitative estimate of drug-likeness (QED) is 0.331. The van der Waals surface area contributed by atoms with Gasteiger partial charge in [-0.1, -0.05) is 42.5 Å². The molecule has 6 heteroatoms. The van der Waals surface area contributed by atoms with Crippen molar-refractivity contribution in [2.24, 2.45) is 0 Å². The molecule has 2 amide bonds. The van der Waals surface area contributed by atoms with E-state index in [9.17, 15) is 14.0 Å². The van der Waals surface area contributed by atoms with Crippen molar-refractivity contribution in [3.63, 3.8) is 0 Å². The van der Waals surface area contributed by atoms with Gasteiger partial charge in [0.25, 0.3) is 5.91 Å². The number of carbonyl (C=O) groups is 2. The third-order valence-electron chi connectivity index (χ3n) is 6.33. The fourth-order valence-corrected chi connectivity index (χ4v) is 4.29. The van der Waals surface area contributed by atoms with Crippen LogP contribution in [0.5, 0.6) is 0 Å². The van der Waals surface area contributed by atoms with Gasteiger partial charge in [-0.05, 0) is 72.5 Å². The second-order valence-electron chi connectivity index (χ2n) is 9.11. The Morgan fingerprint density at radius 3 is 2.34 bits per heavy atom. The normalized spacial score (nSPS) is 13.1. The van der Waals surface area contributed by atoms with Crippen LogP contribution in [0.3, 0.4) is 0 Å². The summed E-state index contributed by atoms with van der Waals surface area (Å²) in [5.41, 5.74) is 1.39. The largest absolute Gasteiger partial charge is 0.464 e. The van der Waals surface area contributed by atoms with Gasteiger partial charge in [0, 0.05) is 18.2 Å². The van der Waals surface area contributed by atoms with E-state index >= 15 is 0 Å². The van der Waals surface area contributed by atoms with Crippen molar-refractivity contribution in [3.8, 4) is 0 Å². The number of hydrogen-bond acceptors (Lipinski definition) is 3. The molecule has 0 atom stereocenters. The first-order valence-electron chi connectivity index (χ1n) is 11.8. The predicted octanol–water partition coefficient (Wildman–Crippen LogP) is 5.71. The molecule has 1 aliphatic carbocycles. The highest BCUT2D eigenvalue weighted by Crippen LogP contribution is 2.29. The van der Waals surface area contributed by atoms with Crippen LogP contribution >= 0.6 is 0 Å². The Hall–Kier alpha value is -3.93. The molecule has 1 heterocycles. The van der Waals surface area contributed by atoms with Crippen LogP contribution in [0.4, 0.5) is 4.39 Å². The average molecular weight is 471 g/mol. The van der Waals surface area contributed by atoms with Crippen LogP contribution in [0.15, 0.2) is 83.3 Å². The van der Waals surface area contributed by atoms with Gasteiger partial charge in [0.1, 0.15) is 23.9 Å². The summed E-state index contributed by atoms with van der Waals surface area (Å²) < 4.78 is 19.1. The maximum atomic E-state index is 13.5. The lowest BCUT2D eigenvalue weighted by molar-refractivity contribution is -0.133. The zero-order valence-electron chi connectivity index (χ0n) is 19.6. The van der Waals surface area contributed by atoms with Crippen molar-refractivity contribution >= 4 is 22.6 Å². The highest BCUT2D eigenvalue weighted by atomic mass is 19.1. The standard InChI is InChI=1S/C29H27FN2O3/c1-20-6-15-27(35-20)18-31(17-21-7-11-25(30)12-8-21)28(33)19-32(26-13-14-26)29(34)24-10-9-22-4-2-3-5-23(22)16-24/h2-12,15-16,26H,13-14,17-19H2,1H3. The second-order valence-corrected chi connectivity index (χ2v) is 9.11. The summed E-state index contributed by atoms with van der Waals surface area (Å²) in [4.78, 5) is 30.4. The Labute approximate surface area is 203 Å². The zero-order chi connectivity index (χ0) is 24.4. The lowest BCUT2D eigenvalue weighted by Crippen LogP contribution is -2.43. The van der Waals surface area contributed by atoms with E-state index in [2.05, 4.69) is 0 Å².